The molecule has 0 aliphatic rings. The Morgan fingerprint density at radius 2 is 2.19 bits per heavy atom. The molecule has 16 heavy (non-hydrogen) atoms. The lowest BCUT2D eigenvalue weighted by molar-refractivity contribution is 0.0597. The van der Waals surface area contributed by atoms with Crippen LogP contribution in [0.1, 0.15) is 48.7 Å². The van der Waals surface area contributed by atoms with Crippen LogP contribution in [0, 0.1) is 0 Å². The van der Waals surface area contributed by atoms with Gasteiger partial charge in [-0.1, -0.05) is 26.2 Å². The van der Waals surface area contributed by atoms with Crippen LogP contribution >= 0.6 is 15.9 Å². The van der Waals surface area contributed by atoms with Gasteiger partial charge in [-0.2, -0.15) is 0 Å². The highest BCUT2D eigenvalue weighted by molar-refractivity contribution is 9.10. The number of hydrogen-bond donors (Lipinski definition) is 0. The van der Waals surface area contributed by atoms with Crippen LogP contribution in [0.5, 0.6) is 0 Å². The van der Waals surface area contributed by atoms with E-state index in [9.17, 15) is 4.79 Å². The van der Waals surface area contributed by atoms with Gasteiger partial charge in [-0.25, -0.2) is 4.79 Å². The lowest BCUT2D eigenvalue weighted by Crippen LogP contribution is -2.04. The van der Waals surface area contributed by atoms with Gasteiger partial charge in [0, 0.05) is 6.42 Å². The van der Waals surface area contributed by atoms with Crippen LogP contribution < -0.4 is 0 Å². The second-order valence-corrected chi connectivity index (χ2v) is 4.54. The number of carbonyl (C=O) groups excluding carboxylic acids is 1. The fraction of sp³-hybridized carbons (Fsp3) is 0.583. The van der Waals surface area contributed by atoms with Gasteiger partial charge >= 0.3 is 5.97 Å². The zero-order valence-corrected chi connectivity index (χ0v) is 11.3. The van der Waals surface area contributed by atoms with E-state index in [-0.39, 0.29) is 5.97 Å². The molecule has 0 unspecified atom stereocenters. The number of halogens is 1. The van der Waals surface area contributed by atoms with Crippen molar-refractivity contribution in [1.29, 1.82) is 0 Å². The Hall–Kier alpha value is -0.770. The molecular weight excluding hydrogens is 272 g/mol. The minimum Gasteiger partial charge on any atom is -0.467 e. The second-order valence-electron chi connectivity index (χ2n) is 3.68. The van der Waals surface area contributed by atoms with Crippen LogP contribution in [0.2, 0.25) is 0 Å². The van der Waals surface area contributed by atoms with Crippen molar-refractivity contribution in [2.45, 2.75) is 39.0 Å². The van der Waals surface area contributed by atoms with Crippen molar-refractivity contribution in [2.75, 3.05) is 7.11 Å². The number of aryl methyl sites for hydroxylation is 1. The highest BCUT2D eigenvalue weighted by Crippen LogP contribution is 2.25. The number of carbonyl (C=O) groups is 1. The van der Waals surface area contributed by atoms with Crippen molar-refractivity contribution in [3.8, 4) is 0 Å². The molecule has 1 aromatic heterocycles. The van der Waals surface area contributed by atoms with Crippen LogP contribution in [0.25, 0.3) is 0 Å². The molecule has 3 nitrogen and oxygen atoms in total. The monoisotopic (exact) mass is 288 g/mol. The summed E-state index contributed by atoms with van der Waals surface area (Å²) in [6, 6.07) is 0. The van der Waals surface area contributed by atoms with Gasteiger partial charge in [0.25, 0.3) is 0 Å². The van der Waals surface area contributed by atoms with E-state index in [0.717, 1.165) is 25.0 Å². The molecule has 4 heteroatoms. The number of rotatable bonds is 6. The minimum atomic E-state index is -0.342. The first-order chi connectivity index (χ1) is 7.70. The van der Waals surface area contributed by atoms with E-state index in [1.54, 1.807) is 6.26 Å². The van der Waals surface area contributed by atoms with Crippen molar-refractivity contribution in [1.82, 2.24) is 0 Å². The molecule has 0 aliphatic heterocycles. The summed E-state index contributed by atoms with van der Waals surface area (Å²) in [7, 11) is 1.38. The van der Waals surface area contributed by atoms with E-state index >= 15 is 0 Å². The maximum Gasteiger partial charge on any atom is 0.342 e. The van der Waals surface area contributed by atoms with Crippen LogP contribution in [-0.2, 0) is 11.2 Å². The fourth-order valence-corrected chi connectivity index (χ4v) is 2.06. The average Bonchev–Trinajstić information content (AvgIpc) is 2.65. The van der Waals surface area contributed by atoms with Crippen molar-refractivity contribution in [2.24, 2.45) is 0 Å². The predicted octanol–water partition coefficient (Wildman–Crippen LogP) is 3.95. The summed E-state index contributed by atoms with van der Waals surface area (Å²) in [5.41, 5.74) is 0.527. The minimum absolute atomic E-state index is 0.342. The Kier molecular flexibility index (Phi) is 5.60. The molecule has 0 saturated heterocycles. The molecule has 0 amide bonds. The van der Waals surface area contributed by atoms with Gasteiger partial charge in [0.15, 0.2) is 0 Å². The van der Waals surface area contributed by atoms with Crippen LogP contribution in [0.15, 0.2) is 15.2 Å². The molecule has 1 rings (SSSR count). The first-order valence-corrected chi connectivity index (χ1v) is 6.34. The van der Waals surface area contributed by atoms with Crippen molar-refractivity contribution >= 4 is 21.9 Å². The molecule has 90 valence electrons. The molecule has 0 bridgehead atoms. The summed E-state index contributed by atoms with van der Waals surface area (Å²) in [5, 5.41) is 0. The van der Waals surface area contributed by atoms with E-state index in [0.29, 0.717) is 10.0 Å². The van der Waals surface area contributed by atoms with Crippen molar-refractivity contribution in [3.05, 3.63) is 22.1 Å². The largest absolute Gasteiger partial charge is 0.467 e. The lowest BCUT2D eigenvalue weighted by Gasteiger charge is -2.01. The second kappa shape index (κ2) is 6.74. The molecular formula is C12H17BrO3. The van der Waals surface area contributed by atoms with E-state index in [1.165, 1.54) is 20.0 Å². The Morgan fingerprint density at radius 3 is 2.81 bits per heavy atom. The number of methoxy groups -OCH3 is 1. The molecule has 0 aromatic carbocycles. The number of hydrogen-bond acceptors (Lipinski definition) is 3. The van der Waals surface area contributed by atoms with Crippen LogP contribution in [0.3, 0.4) is 0 Å². The third-order valence-electron chi connectivity index (χ3n) is 2.47. The van der Waals surface area contributed by atoms with E-state index in [4.69, 9.17) is 9.15 Å². The average molecular weight is 289 g/mol. The van der Waals surface area contributed by atoms with E-state index in [2.05, 4.69) is 22.9 Å². The smallest absolute Gasteiger partial charge is 0.342 e. The van der Waals surface area contributed by atoms with Gasteiger partial charge in [0.05, 0.1) is 11.6 Å². The highest BCUT2D eigenvalue weighted by atomic mass is 79.9. The fourth-order valence-electron chi connectivity index (χ4n) is 1.58. The van der Waals surface area contributed by atoms with Gasteiger partial charge in [-0.05, 0) is 22.4 Å². The molecule has 0 N–H and O–H groups in total. The molecule has 0 aliphatic carbocycles. The normalized spacial score (nSPS) is 10.4. The standard InChI is InChI=1S/C12H17BrO3/c1-3-4-5-6-7-10-11(12(14)15-2)9(13)8-16-10/h8H,3-7H2,1-2H3. The van der Waals surface area contributed by atoms with Gasteiger partial charge in [0.2, 0.25) is 0 Å². The van der Waals surface area contributed by atoms with Gasteiger partial charge in [-0.3, -0.25) is 0 Å². The van der Waals surface area contributed by atoms with Crippen LogP contribution in [-0.4, -0.2) is 13.1 Å². The Labute approximate surface area is 104 Å². The zero-order valence-electron chi connectivity index (χ0n) is 9.72. The van der Waals surface area contributed by atoms with Crippen LogP contribution in [0.4, 0.5) is 0 Å². The molecule has 0 fully saturated rings. The molecule has 1 heterocycles. The Bertz CT molecular complexity index is 344. The highest BCUT2D eigenvalue weighted by Gasteiger charge is 2.19. The SMILES string of the molecule is CCCCCCc1occ(Br)c1C(=O)OC. The maximum atomic E-state index is 11.5. The third-order valence-corrected chi connectivity index (χ3v) is 3.05. The summed E-state index contributed by atoms with van der Waals surface area (Å²) >= 11 is 3.29. The molecule has 0 radical (unpaired) electrons. The number of unbranched alkanes of at least 4 members (excludes halogenated alkanes) is 3. The maximum absolute atomic E-state index is 11.5. The summed E-state index contributed by atoms with van der Waals surface area (Å²) in [6.45, 7) is 2.17. The van der Waals surface area contributed by atoms with Crippen molar-refractivity contribution < 1.29 is 13.9 Å². The van der Waals surface area contributed by atoms with Gasteiger partial charge in [-0.15, -0.1) is 0 Å². The number of esters is 1. The van der Waals surface area contributed by atoms with E-state index < -0.39 is 0 Å². The summed E-state index contributed by atoms with van der Waals surface area (Å²) in [4.78, 5) is 11.5. The van der Waals surface area contributed by atoms with Crippen molar-refractivity contribution in [3.63, 3.8) is 0 Å². The summed E-state index contributed by atoms with van der Waals surface area (Å²) < 4.78 is 10.7. The first kappa shape index (κ1) is 13.3. The Balaban J connectivity index is 2.62. The van der Waals surface area contributed by atoms with E-state index in [1.807, 2.05) is 0 Å². The lowest BCUT2D eigenvalue weighted by atomic mass is 10.1. The predicted molar refractivity (Wildman–Crippen MR) is 65.6 cm³/mol. The van der Waals surface area contributed by atoms with Gasteiger partial charge < -0.3 is 9.15 Å². The molecule has 0 spiro atoms. The number of ether oxygens (including phenoxy) is 1. The quantitative estimate of drug-likeness (QED) is 0.588. The van der Waals surface area contributed by atoms with Gasteiger partial charge in [0.1, 0.15) is 17.6 Å². The number of furan rings is 1. The summed E-state index contributed by atoms with van der Waals surface area (Å²) in [5.74, 6) is 0.376. The summed E-state index contributed by atoms with van der Waals surface area (Å²) in [6.07, 6.45) is 6.95. The Morgan fingerprint density at radius 1 is 1.44 bits per heavy atom. The molecule has 1 aromatic rings. The topological polar surface area (TPSA) is 39.4 Å². The first-order valence-electron chi connectivity index (χ1n) is 5.54. The third kappa shape index (κ3) is 3.37. The zero-order chi connectivity index (χ0) is 12.0. The molecule has 0 saturated carbocycles. The molecule has 0 atom stereocenters.